The van der Waals surface area contributed by atoms with Gasteiger partial charge in [-0.05, 0) is 54.1 Å². The van der Waals surface area contributed by atoms with Crippen molar-refractivity contribution in [3.05, 3.63) is 72.3 Å². The van der Waals surface area contributed by atoms with E-state index >= 15 is 0 Å². The van der Waals surface area contributed by atoms with Crippen LogP contribution in [0.4, 0.5) is 0 Å². The third-order valence-electron chi connectivity index (χ3n) is 5.43. The first-order chi connectivity index (χ1) is 18.6. The summed E-state index contributed by atoms with van der Waals surface area (Å²) in [5.74, 6) is 2.77. The molecule has 10 nitrogen and oxygen atoms in total. The van der Waals surface area contributed by atoms with E-state index in [0.717, 1.165) is 16.8 Å². The van der Waals surface area contributed by atoms with Crippen LogP contribution in [0.1, 0.15) is 5.56 Å². The zero-order valence-corrected chi connectivity index (χ0v) is 22.2. The van der Waals surface area contributed by atoms with Gasteiger partial charge < -0.3 is 18.9 Å². The highest BCUT2D eigenvalue weighted by Crippen LogP contribution is 2.34. The Bertz CT molecular complexity index is 1420. The molecule has 0 fully saturated rings. The van der Waals surface area contributed by atoms with Crippen LogP contribution in [-0.2, 0) is 4.79 Å². The molecular weight excluding hydrogens is 506 g/mol. The number of methoxy groups -OCH3 is 4. The molecule has 1 amide bonds. The minimum absolute atomic E-state index is 0.0835. The fourth-order valence-corrected chi connectivity index (χ4v) is 4.35. The van der Waals surface area contributed by atoms with Gasteiger partial charge in [-0.15, -0.1) is 10.2 Å². The lowest BCUT2D eigenvalue weighted by Gasteiger charge is -2.12. The molecule has 196 valence electrons. The molecule has 1 heterocycles. The number of para-hydroxylation sites is 1. The number of aromatic nitrogens is 3. The van der Waals surface area contributed by atoms with Gasteiger partial charge in [-0.25, -0.2) is 5.43 Å². The minimum Gasteiger partial charge on any atom is -0.493 e. The molecule has 0 aliphatic rings. The molecule has 4 aromatic rings. The highest BCUT2D eigenvalue weighted by atomic mass is 32.2. The van der Waals surface area contributed by atoms with Crippen LogP contribution >= 0.6 is 11.8 Å². The van der Waals surface area contributed by atoms with E-state index < -0.39 is 0 Å². The Morgan fingerprint density at radius 3 is 2.21 bits per heavy atom. The molecule has 0 atom stereocenters. The number of rotatable bonds is 11. The van der Waals surface area contributed by atoms with Crippen molar-refractivity contribution in [1.82, 2.24) is 20.2 Å². The molecule has 1 aromatic heterocycles. The summed E-state index contributed by atoms with van der Waals surface area (Å²) in [6.45, 7) is 0. The first-order valence-corrected chi connectivity index (χ1v) is 12.5. The zero-order valence-electron chi connectivity index (χ0n) is 21.4. The first-order valence-electron chi connectivity index (χ1n) is 11.5. The topological polar surface area (TPSA) is 109 Å². The Kier molecular flexibility index (Phi) is 8.83. The third-order valence-corrected chi connectivity index (χ3v) is 6.36. The largest absolute Gasteiger partial charge is 0.493 e. The first kappa shape index (κ1) is 26.6. The van der Waals surface area contributed by atoms with Gasteiger partial charge in [-0.1, -0.05) is 30.0 Å². The Hall–Kier alpha value is -4.51. The summed E-state index contributed by atoms with van der Waals surface area (Å²) in [5.41, 5.74) is 4.94. The molecule has 11 heteroatoms. The third kappa shape index (κ3) is 6.06. The number of nitrogens with zero attached hydrogens (tertiary/aromatic N) is 4. The fraction of sp³-hybridized carbons (Fsp3) is 0.185. The summed E-state index contributed by atoms with van der Waals surface area (Å²) in [6, 6.07) is 20.6. The van der Waals surface area contributed by atoms with Crippen molar-refractivity contribution in [2.24, 2.45) is 5.10 Å². The van der Waals surface area contributed by atoms with E-state index in [2.05, 4.69) is 20.7 Å². The number of carbonyl (C=O) groups is 1. The number of ether oxygens (including phenoxy) is 4. The SMILES string of the molecule is COc1ccc(C=NNC(=O)CSc2nnc(-c3ccc(OC)c(OC)c3)n2-c2ccccc2)cc1OC. The lowest BCUT2D eigenvalue weighted by atomic mass is 10.2. The number of nitrogens with one attached hydrogen (secondary N) is 1. The van der Waals surface area contributed by atoms with E-state index in [-0.39, 0.29) is 11.7 Å². The maximum Gasteiger partial charge on any atom is 0.250 e. The number of amides is 1. The lowest BCUT2D eigenvalue weighted by molar-refractivity contribution is -0.118. The number of hydrogen-bond acceptors (Lipinski definition) is 9. The van der Waals surface area contributed by atoms with E-state index in [1.54, 1.807) is 40.6 Å². The summed E-state index contributed by atoms with van der Waals surface area (Å²) in [7, 11) is 6.29. The zero-order chi connectivity index (χ0) is 26.9. The molecular formula is C27H27N5O5S. The standard InChI is InChI=1S/C27H27N5O5S/c1-34-21-12-10-18(14-23(21)36-3)16-28-29-25(33)17-38-27-31-30-26(32(27)20-8-6-5-7-9-20)19-11-13-22(35-2)24(15-19)37-4/h5-16H,17H2,1-4H3,(H,29,33). The van der Waals surface area contributed by atoms with Crippen LogP contribution in [0.2, 0.25) is 0 Å². The maximum atomic E-state index is 12.5. The van der Waals surface area contributed by atoms with Gasteiger partial charge in [0.15, 0.2) is 34.0 Å². The normalized spacial score (nSPS) is 10.8. The van der Waals surface area contributed by atoms with Crippen molar-refractivity contribution < 1.29 is 23.7 Å². The van der Waals surface area contributed by atoms with Gasteiger partial charge >= 0.3 is 0 Å². The summed E-state index contributed by atoms with van der Waals surface area (Å²) in [6.07, 6.45) is 1.53. The van der Waals surface area contributed by atoms with Gasteiger partial charge in [-0.3, -0.25) is 9.36 Å². The monoisotopic (exact) mass is 533 g/mol. The number of thioether (sulfide) groups is 1. The van der Waals surface area contributed by atoms with Crippen LogP contribution in [-0.4, -0.2) is 61.1 Å². The van der Waals surface area contributed by atoms with E-state index in [4.69, 9.17) is 18.9 Å². The molecule has 1 N–H and O–H groups in total. The van der Waals surface area contributed by atoms with Crippen molar-refractivity contribution in [2.45, 2.75) is 5.16 Å². The molecule has 38 heavy (non-hydrogen) atoms. The van der Waals surface area contributed by atoms with Crippen molar-refractivity contribution in [3.8, 4) is 40.1 Å². The van der Waals surface area contributed by atoms with Gasteiger partial charge in [0.25, 0.3) is 5.91 Å². The molecule has 0 radical (unpaired) electrons. The number of hydrogen-bond donors (Lipinski definition) is 1. The van der Waals surface area contributed by atoms with Crippen LogP contribution in [0.25, 0.3) is 17.1 Å². The molecule has 0 saturated carbocycles. The molecule has 0 aliphatic carbocycles. The molecule has 0 bridgehead atoms. The molecule has 0 spiro atoms. The van der Waals surface area contributed by atoms with Gasteiger partial charge in [0.2, 0.25) is 0 Å². The summed E-state index contributed by atoms with van der Waals surface area (Å²) < 4.78 is 23.2. The Labute approximate surface area is 224 Å². The minimum atomic E-state index is -0.290. The predicted octanol–water partition coefficient (Wildman–Crippen LogP) is 4.21. The highest BCUT2D eigenvalue weighted by molar-refractivity contribution is 7.99. The highest BCUT2D eigenvalue weighted by Gasteiger charge is 2.18. The molecule has 0 saturated heterocycles. The molecule has 4 rings (SSSR count). The van der Waals surface area contributed by atoms with Crippen LogP contribution in [0.5, 0.6) is 23.0 Å². The van der Waals surface area contributed by atoms with E-state index in [1.807, 2.05) is 59.2 Å². The second-order valence-electron chi connectivity index (χ2n) is 7.74. The van der Waals surface area contributed by atoms with Crippen LogP contribution in [0.15, 0.2) is 77.0 Å². The average molecular weight is 534 g/mol. The number of carbonyl (C=O) groups excluding carboxylic acids is 1. The Morgan fingerprint density at radius 2 is 1.53 bits per heavy atom. The van der Waals surface area contributed by atoms with E-state index in [0.29, 0.717) is 34.0 Å². The van der Waals surface area contributed by atoms with Gasteiger partial charge in [0.1, 0.15) is 0 Å². The quantitative estimate of drug-likeness (QED) is 0.174. The van der Waals surface area contributed by atoms with Crippen LogP contribution < -0.4 is 24.4 Å². The van der Waals surface area contributed by atoms with Gasteiger partial charge in [-0.2, -0.15) is 5.10 Å². The van der Waals surface area contributed by atoms with Crippen molar-refractivity contribution in [3.63, 3.8) is 0 Å². The van der Waals surface area contributed by atoms with Crippen LogP contribution in [0, 0.1) is 0 Å². The number of hydrazone groups is 1. The van der Waals surface area contributed by atoms with Gasteiger partial charge in [0, 0.05) is 11.3 Å². The molecule has 0 aliphatic heterocycles. The smallest absolute Gasteiger partial charge is 0.250 e. The van der Waals surface area contributed by atoms with Crippen LogP contribution in [0.3, 0.4) is 0 Å². The van der Waals surface area contributed by atoms with Crippen molar-refractivity contribution >= 4 is 23.9 Å². The van der Waals surface area contributed by atoms with Crippen molar-refractivity contribution in [1.29, 1.82) is 0 Å². The summed E-state index contributed by atoms with van der Waals surface area (Å²) in [4.78, 5) is 12.5. The second-order valence-corrected chi connectivity index (χ2v) is 8.69. The van der Waals surface area contributed by atoms with Gasteiger partial charge in [0.05, 0.1) is 40.4 Å². The second kappa shape index (κ2) is 12.6. The predicted molar refractivity (Wildman–Crippen MR) is 146 cm³/mol. The average Bonchev–Trinajstić information content (AvgIpc) is 3.40. The summed E-state index contributed by atoms with van der Waals surface area (Å²) in [5, 5.41) is 13.4. The Balaban J connectivity index is 1.51. The summed E-state index contributed by atoms with van der Waals surface area (Å²) >= 11 is 1.25. The lowest BCUT2D eigenvalue weighted by Crippen LogP contribution is -2.20. The Morgan fingerprint density at radius 1 is 0.868 bits per heavy atom. The fourth-order valence-electron chi connectivity index (χ4n) is 3.61. The molecule has 0 unspecified atom stereocenters. The van der Waals surface area contributed by atoms with Crippen molar-refractivity contribution in [2.75, 3.05) is 34.2 Å². The number of benzene rings is 3. The van der Waals surface area contributed by atoms with E-state index in [1.165, 1.54) is 18.0 Å². The molecule has 3 aromatic carbocycles. The van der Waals surface area contributed by atoms with E-state index in [9.17, 15) is 4.79 Å². The maximum absolute atomic E-state index is 12.5.